The van der Waals surface area contributed by atoms with Crippen LogP contribution in [0.15, 0.2) is 45.9 Å². The number of benzene rings is 1. The van der Waals surface area contributed by atoms with Crippen molar-refractivity contribution in [1.29, 1.82) is 5.26 Å². The van der Waals surface area contributed by atoms with Crippen LogP contribution in [0.4, 0.5) is 0 Å². The predicted octanol–water partition coefficient (Wildman–Crippen LogP) is 3.96. The molecule has 0 fully saturated rings. The van der Waals surface area contributed by atoms with Gasteiger partial charge in [-0.1, -0.05) is 30.0 Å². The summed E-state index contributed by atoms with van der Waals surface area (Å²) in [5.41, 5.74) is 0. The van der Waals surface area contributed by atoms with E-state index >= 15 is 0 Å². The van der Waals surface area contributed by atoms with Gasteiger partial charge in [0.15, 0.2) is 0 Å². The van der Waals surface area contributed by atoms with Crippen LogP contribution < -0.4 is 0 Å². The van der Waals surface area contributed by atoms with E-state index < -0.39 is 0 Å². The normalized spacial score (nSPS) is 19.9. The number of nitrogens with zero attached hydrogens (tertiary/aromatic N) is 1. The Morgan fingerprint density at radius 2 is 2.12 bits per heavy atom. The topological polar surface area (TPSA) is 33.0 Å². The molecule has 88 valence electrons. The van der Waals surface area contributed by atoms with E-state index in [1.807, 2.05) is 18.2 Å². The van der Waals surface area contributed by atoms with Gasteiger partial charge >= 0.3 is 0 Å². The maximum atomic E-state index is 9.01. The molecule has 0 saturated heterocycles. The smallest absolute Gasteiger partial charge is 0.105 e. The van der Waals surface area contributed by atoms with Gasteiger partial charge < -0.3 is 4.74 Å². The summed E-state index contributed by atoms with van der Waals surface area (Å²) in [5.74, 6) is 1.19. The van der Waals surface area contributed by atoms with Crippen LogP contribution in [0.2, 0.25) is 0 Å². The van der Waals surface area contributed by atoms with Crippen LogP contribution in [0.3, 0.4) is 0 Å². The molecule has 2 nitrogen and oxygen atoms in total. The number of ether oxygens (including phenoxy) is 1. The molecule has 3 heteroatoms. The molecule has 1 aliphatic rings. The highest BCUT2D eigenvalue weighted by molar-refractivity contribution is 8.03. The van der Waals surface area contributed by atoms with Crippen molar-refractivity contribution in [3.8, 4) is 6.07 Å². The molecule has 0 aromatic heterocycles. The Bertz CT molecular complexity index is 447. The molecule has 0 N–H and O–H groups in total. The van der Waals surface area contributed by atoms with Gasteiger partial charge in [-0.2, -0.15) is 5.26 Å². The zero-order valence-electron chi connectivity index (χ0n) is 9.85. The van der Waals surface area contributed by atoms with E-state index in [0.717, 1.165) is 25.0 Å². The van der Waals surface area contributed by atoms with Gasteiger partial charge in [-0.05, 0) is 25.0 Å². The van der Waals surface area contributed by atoms with Gasteiger partial charge in [0.05, 0.1) is 19.1 Å². The molecule has 1 aromatic rings. The van der Waals surface area contributed by atoms with Crippen molar-refractivity contribution in [2.24, 2.45) is 5.92 Å². The standard InChI is InChI=1S/C14H15NOS/c1-16-13-8-7-11(10-15)9-14(13)17-12-5-3-2-4-6-12/h2-6,11H,7-9H2,1H3. The highest BCUT2D eigenvalue weighted by Gasteiger charge is 2.22. The Morgan fingerprint density at radius 1 is 1.35 bits per heavy atom. The van der Waals surface area contributed by atoms with Crippen LogP contribution in [0.1, 0.15) is 19.3 Å². The van der Waals surface area contributed by atoms with Crippen LogP contribution in [-0.2, 0) is 4.74 Å². The molecule has 1 aromatic carbocycles. The molecule has 1 atom stereocenters. The minimum atomic E-state index is 0.139. The zero-order chi connectivity index (χ0) is 12.1. The molecule has 1 aliphatic carbocycles. The second-order valence-electron chi connectivity index (χ2n) is 4.03. The summed E-state index contributed by atoms with van der Waals surface area (Å²) in [6.45, 7) is 0. The average Bonchev–Trinajstić information content (AvgIpc) is 2.40. The second kappa shape index (κ2) is 5.79. The number of rotatable bonds is 3. The first kappa shape index (κ1) is 12.1. The lowest BCUT2D eigenvalue weighted by atomic mass is 9.94. The fourth-order valence-corrected chi connectivity index (χ4v) is 3.10. The second-order valence-corrected chi connectivity index (χ2v) is 5.20. The first-order valence-corrected chi connectivity index (χ1v) is 6.53. The quantitative estimate of drug-likeness (QED) is 0.808. The molecular weight excluding hydrogens is 230 g/mol. The van der Waals surface area contributed by atoms with Crippen molar-refractivity contribution < 1.29 is 4.74 Å². The summed E-state index contributed by atoms with van der Waals surface area (Å²) in [4.78, 5) is 2.41. The zero-order valence-corrected chi connectivity index (χ0v) is 10.7. The first-order chi connectivity index (χ1) is 8.33. The highest BCUT2D eigenvalue weighted by atomic mass is 32.2. The number of hydrogen-bond donors (Lipinski definition) is 0. The molecule has 1 unspecified atom stereocenters. The maximum absolute atomic E-state index is 9.01. The summed E-state index contributed by atoms with van der Waals surface area (Å²) in [6.07, 6.45) is 2.61. The Kier molecular flexibility index (Phi) is 4.11. The summed E-state index contributed by atoms with van der Waals surface area (Å²) in [6, 6.07) is 12.6. The SMILES string of the molecule is COC1=C(Sc2ccccc2)CC(C#N)CC1. The van der Waals surface area contributed by atoms with Crippen molar-refractivity contribution in [2.75, 3.05) is 7.11 Å². The predicted molar refractivity (Wildman–Crippen MR) is 69.3 cm³/mol. The highest BCUT2D eigenvalue weighted by Crippen LogP contribution is 2.39. The molecule has 0 saturated carbocycles. The Hall–Kier alpha value is -1.40. The Labute approximate surface area is 106 Å². The van der Waals surface area contributed by atoms with Gasteiger partial charge in [0.1, 0.15) is 5.76 Å². The molecule has 17 heavy (non-hydrogen) atoms. The minimum Gasteiger partial charge on any atom is -0.500 e. The van der Waals surface area contributed by atoms with Crippen molar-refractivity contribution in [1.82, 2.24) is 0 Å². The van der Waals surface area contributed by atoms with E-state index in [-0.39, 0.29) is 5.92 Å². The van der Waals surface area contributed by atoms with Crippen molar-refractivity contribution in [2.45, 2.75) is 24.2 Å². The molecule has 0 heterocycles. The van der Waals surface area contributed by atoms with Gasteiger partial charge in [0.2, 0.25) is 0 Å². The van der Waals surface area contributed by atoms with Crippen molar-refractivity contribution >= 4 is 11.8 Å². The van der Waals surface area contributed by atoms with Crippen molar-refractivity contribution in [3.63, 3.8) is 0 Å². The van der Waals surface area contributed by atoms with Gasteiger partial charge in [-0.15, -0.1) is 0 Å². The van der Waals surface area contributed by atoms with E-state index in [0.29, 0.717) is 0 Å². The van der Waals surface area contributed by atoms with Crippen LogP contribution in [-0.4, -0.2) is 7.11 Å². The average molecular weight is 245 g/mol. The Morgan fingerprint density at radius 3 is 2.76 bits per heavy atom. The minimum absolute atomic E-state index is 0.139. The molecule has 2 rings (SSSR count). The van der Waals surface area contributed by atoms with E-state index in [1.54, 1.807) is 18.9 Å². The fraction of sp³-hybridized carbons (Fsp3) is 0.357. The summed E-state index contributed by atoms with van der Waals surface area (Å²) in [7, 11) is 1.72. The third-order valence-electron chi connectivity index (χ3n) is 2.88. The van der Waals surface area contributed by atoms with Crippen LogP contribution in [0.25, 0.3) is 0 Å². The van der Waals surface area contributed by atoms with Crippen LogP contribution in [0, 0.1) is 17.2 Å². The summed E-state index contributed by atoms with van der Waals surface area (Å²) >= 11 is 1.72. The monoisotopic (exact) mass is 245 g/mol. The van der Waals surface area contributed by atoms with E-state index in [9.17, 15) is 0 Å². The van der Waals surface area contributed by atoms with Gasteiger partial charge in [0, 0.05) is 16.2 Å². The largest absolute Gasteiger partial charge is 0.500 e. The first-order valence-electron chi connectivity index (χ1n) is 5.72. The van der Waals surface area contributed by atoms with Gasteiger partial charge in [-0.3, -0.25) is 0 Å². The third-order valence-corrected chi connectivity index (χ3v) is 4.02. The number of thioether (sulfide) groups is 1. The third kappa shape index (κ3) is 3.04. The lowest BCUT2D eigenvalue weighted by molar-refractivity contribution is 0.259. The maximum Gasteiger partial charge on any atom is 0.105 e. The number of hydrogen-bond acceptors (Lipinski definition) is 3. The molecule has 0 aliphatic heterocycles. The molecule has 0 radical (unpaired) electrons. The summed E-state index contributed by atoms with van der Waals surface area (Å²) in [5, 5.41) is 9.01. The number of methoxy groups -OCH3 is 1. The van der Waals surface area contributed by atoms with Crippen LogP contribution >= 0.6 is 11.8 Å². The fourth-order valence-electron chi connectivity index (χ4n) is 1.94. The molecule has 0 spiro atoms. The Balaban J connectivity index is 2.16. The molecular formula is C14H15NOS. The lowest BCUT2D eigenvalue weighted by Crippen LogP contribution is -2.08. The van der Waals surface area contributed by atoms with E-state index in [4.69, 9.17) is 10.00 Å². The van der Waals surface area contributed by atoms with Gasteiger partial charge in [0.25, 0.3) is 0 Å². The molecule has 0 amide bonds. The summed E-state index contributed by atoms with van der Waals surface area (Å²) < 4.78 is 5.42. The number of allylic oxidation sites excluding steroid dienone is 2. The van der Waals surface area contributed by atoms with Crippen LogP contribution in [0.5, 0.6) is 0 Å². The van der Waals surface area contributed by atoms with E-state index in [1.165, 1.54) is 9.80 Å². The number of nitriles is 1. The van der Waals surface area contributed by atoms with E-state index in [2.05, 4.69) is 18.2 Å². The molecule has 0 bridgehead atoms. The van der Waals surface area contributed by atoms with Crippen molar-refractivity contribution in [3.05, 3.63) is 41.0 Å². The van der Waals surface area contributed by atoms with Gasteiger partial charge in [-0.25, -0.2) is 0 Å². The lowest BCUT2D eigenvalue weighted by Gasteiger charge is -2.21.